The largest absolute Gasteiger partial charge is 0.507 e. The standard InChI is InChI=1S/C18H25NO4/c1-12-8-9-15(16(20)10-12)18(22)23-13(2)17(21)19-11-14-6-4-3-5-7-14/h8-10,13-14,20H,3-7,11H2,1-2H3,(H,19,21). The summed E-state index contributed by atoms with van der Waals surface area (Å²) in [5, 5.41) is 12.6. The van der Waals surface area contributed by atoms with E-state index in [1.165, 1.54) is 31.4 Å². The molecule has 1 atom stereocenters. The lowest BCUT2D eigenvalue weighted by Gasteiger charge is -2.22. The van der Waals surface area contributed by atoms with E-state index in [0.29, 0.717) is 12.5 Å². The fourth-order valence-corrected chi connectivity index (χ4v) is 2.87. The van der Waals surface area contributed by atoms with Gasteiger partial charge in [0.2, 0.25) is 0 Å². The highest BCUT2D eigenvalue weighted by molar-refractivity contribution is 5.94. The van der Waals surface area contributed by atoms with Gasteiger partial charge in [0, 0.05) is 6.54 Å². The molecule has 0 saturated heterocycles. The number of phenolic OH excluding ortho intramolecular Hbond substituents is 1. The average Bonchev–Trinajstić information content (AvgIpc) is 2.53. The summed E-state index contributed by atoms with van der Waals surface area (Å²) in [4.78, 5) is 24.1. The van der Waals surface area contributed by atoms with Gasteiger partial charge in [-0.05, 0) is 50.3 Å². The summed E-state index contributed by atoms with van der Waals surface area (Å²) in [6.07, 6.45) is 5.12. The number of aromatic hydroxyl groups is 1. The average molecular weight is 319 g/mol. The smallest absolute Gasteiger partial charge is 0.342 e. The van der Waals surface area contributed by atoms with Crippen LogP contribution in [-0.4, -0.2) is 29.6 Å². The summed E-state index contributed by atoms with van der Waals surface area (Å²) in [7, 11) is 0. The number of hydrogen-bond donors (Lipinski definition) is 2. The van der Waals surface area contributed by atoms with Gasteiger partial charge in [0.25, 0.3) is 5.91 Å². The van der Waals surface area contributed by atoms with Gasteiger partial charge in [-0.3, -0.25) is 4.79 Å². The number of carbonyl (C=O) groups excluding carboxylic acids is 2. The molecule has 0 radical (unpaired) electrons. The fourth-order valence-electron chi connectivity index (χ4n) is 2.87. The molecule has 0 bridgehead atoms. The molecule has 5 nitrogen and oxygen atoms in total. The minimum Gasteiger partial charge on any atom is -0.507 e. The Morgan fingerprint density at radius 2 is 2.00 bits per heavy atom. The van der Waals surface area contributed by atoms with Crippen LogP contribution in [0.5, 0.6) is 5.75 Å². The van der Waals surface area contributed by atoms with Crippen molar-refractivity contribution >= 4 is 11.9 Å². The van der Waals surface area contributed by atoms with E-state index < -0.39 is 12.1 Å². The number of esters is 1. The second-order valence-electron chi connectivity index (χ2n) is 6.32. The third kappa shape index (κ3) is 4.98. The Kier molecular flexibility index (Phi) is 6.02. The van der Waals surface area contributed by atoms with Crippen LogP contribution in [0.1, 0.15) is 54.9 Å². The number of aryl methyl sites for hydroxylation is 1. The van der Waals surface area contributed by atoms with Crippen LogP contribution in [0, 0.1) is 12.8 Å². The molecule has 1 aliphatic rings. The zero-order valence-corrected chi connectivity index (χ0v) is 13.8. The quantitative estimate of drug-likeness (QED) is 0.818. The Morgan fingerprint density at radius 3 is 2.65 bits per heavy atom. The molecule has 0 aliphatic heterocycles. The van der Waals surface area contributed by atoms with E-state index in [0.717, 1.165) is 18.4 Å². The van der Waals surface area contributed by atoms with E-state index in [1.54, 1.807) is 13.0 Å². The SMILES string of the molecule is Cc1ccc(C(=O)OC(C)C(=O)NCC2CCCCC2)c(O)c1. The second-order valence-corrected chi connectivity index (χ2v) is 6.32. The molecule has 0 heterocycles. The van der Waals surface area contributed by atoms with Crippen molar-refractivity contribution in [1.29, 1.82) is 0 Å². The fraction of sp³-hybridized carbons (Fsp3) is 0.556. The molecule has 2 N–H and O–H groups in total. The molecule has 1 fully saturated rings. The molecule has 1 aliphatic carbocycles. The summed E-state index contributed by atoms with van der Waals surface area (Å²) >= 11 is 0. The summed E-state index contributed by atoms with van der Waals surface area (Å²) in [5.41, 5.74) is 0.917. The van der Waals surface area contributed by atoms with E-state index in [1.807, 2.05) is 6.92 Å². The monoisotopic (exact) mass is 319 g/mol. The molecule has 126 valence electrons. The highest BCUT2D eigenvalue weighted by Gasteiger charge is 2.22. The number of amides is 1. The molecule has 1 aromatic rings. The number of nitrogens with one attached hydrogen (secondary N) is 1. The van der Waals surface area contributed by atoms with Gasteiger partial charge in [0.1, 0.15) is 11.3 Å². The number of carbonyl (C=O) groups is 2. The van der Waals surface area contributed by atoms with Gasteiger partial charge in [-0.2, -0.15) is 0 Å². The third-order valence-corrected chi connectivity index (χ3v) is 4.32. The predicted octanol–water partition coefficient (Wildman–Crippen LogP) is 2.94. The van der Waals surface area contributed by atoms with Crippen LogP contribution in [-0.2, 0) is 9.53 Å². The van der Waals surface area contributed by atoms with Crippen LogP contribution in [0.2, 0.25) is 0 Å². The lowest BCUT2D eigenvalue weighted by atomic mass is 9.89. The van der Waals surface area contributed by atoms with Crippen molar-refractivity contribution in [3.05, 3.63) is 29.3 Å². The lowest BCUT2D eigenvalue weighted by Crippen LogP contribution is -2.38. The number of hydrogen-bond acceptors (Lipinski definition) is 4. The zero-order chi connectivity index (χ0) is 16.8. The van der Waals surface area contributed by atoms with E-state index in [4.69, 9.17) is 4.74 Å². The molecule has 5 heteroatoms. The molecule has 0 aromatic heterocycles. The predicted molar refractivity (Wildman–Crippen MR) is 87.3 cm³/mol. The van der Waals surface area contributed by atoms with E-state index >= 15 is 0 Å². The van der Waals surface area contributed by atoms with Crippen LogP contribution < -0.4 is 5.32 Å². The van der Waals surface area contributed by atoms with Gasteiger partial charge < -0.3 is 15.2 Å². The number of ether oxygens (including phenoxy) is 1. The first-order chi connectivity index (χ1) is 11.0. The summed E-state index contributed by atoms with van der Waals surface area (Å²) < 4.78 is 5.15. The maximum atomic E-state index is 12.0. The van der Waals surface area contributed by atoms with Crippen LogP contribution in [0.4, 0.5) is 0 Å². The Balaban J connectivity index is 1.83. The van der Waals surface area contributed by atoms with Crippen molar-refractivity contribution in [3.63, 3.8) is 0 Å². The van der Waals surface area contributed by atoms with Gasteiger partial charge in [0.05, 0.1) is 0 Å². The zero-order valence-electron chi connectivity index (χ0n) is 13.8. The molecule has 1 aromatic carbocycles. The number of phenols is 1. The minimum atomic E-state index is -0.883. The maximum Gasteiger partial charge on any atom is 0.342 e. The first kappa shape index (κ1) is 17.3. The van der Waals surface area contributed by atoms with Gasteiger partial charge in [0.15, 0.2) is 6.10 Å². The summed E-state index contributed by atoms with van der Waals surface area (Å²) in [6, 6.07) is 4.70. The minimum absolute atomic E-state index is 0.0718. The normalized spacial score (nSPS) is 16.6. The first-order valence-corrected chi connectivity index (χ1v) is 8.25. The van der Waals surface area contributed by atoms with Gasteiger partial charge in [-0.15, -0.1) is 0 Å². The molecule has 1 unspecified atom stereocenters. The Morgan fingerprint density at radius 1 is 1.30 bits per heavy atom. The van der Waals surface area contributed by atoms with Crippen LogP contribution >= 0.6 is 0 Å². The van der Waals surface area contributed by atoms with Crippen molar-refractivity contribution in [3.8, 4) is 5.75 Å². The second kappa shape index (κ2) is 7.99. The Labute approximate surface area is 137 Å². The molecular formula is C18H25NO4. The maximum absolute atomic E-state index is 12.0. The molecule has 23 heavy (non-hydrogen) atoms. The first-order valence-electron chi connectivity index (χ1n) is 8.25. The molecule has 0 spiro atoms. The summed E-state index contributed by atoms with van der Waals surface area (Å²) in [5.74, 6) is -0.597. The van der Waals surface area contributed by atoms with Gasteiger partial charge in [-0.1, -0.05) is 25.3 Å². The number of benzene rings is 1. The van der Waals surface area contributed by atoms with Gasteiger partial charge >= 0.3 is 5.97 Å². The highest BCUT2D eigenvalue weighted by Crippen LogP contribution is 2.23. The molecule has 1 amide bonds. The van der Waals surface area contributed by atoms with Crippen molar-refractivity contribution in [1.82, 2.24) is 5.32 Å². The molecular weight excluding hydrogens is 294 g/mol. The van der Waals surface area contributed by atoms with Crippen molar-refractivity contribution in [2.45, 2.75) is 52.1 Å². The molecule has 1 saturated carbocycles. The van der Waals surface area contributed by atoms with E-state index in [-0.39, 0.29) is 17.2 Å². The van der Waals surface area contributed by atoms with E-state index in [2.05, 4.69) is 5.32 Å². The Hall–Kier alpha value is -2.04. The van der Waals surface area contributed by atoms with Crippen molar-refractivity contribution in [2.75, 3.05) is 6.54 Å². The van der Waals surface area contributed by atoms with Crippen LogP contribution in [0.25, 0.3) is 0 Å². The lowest BCUT2D eigenvalue weighted by molar-refractivity contribution is -0.129. The van der Waals surface area contributed by atoms with E-state index in [9.17, 15) is 14.7 Å². The third-order valence-electron chi connectivity index (χ3n) is 4.32. The van der Waals surface area contributed by atoms with Crippen molar-refractivity contribution < 1.29 is 19.4 Å². The van der Waals surface area contributed by atoms with Gasteiger partial charge in [-0.25, -0.2) is 4.79 Å². The Bertz CT molecular complexity index is 564. The molecule has 2 rings (SSSR count). The van der Waals surface area contributed by atoms with Crippen molar-refractivity contribution in [2.24, 2.45) is 5.92 Å². The highest BCUT2D eigenvalue weighted by atomic mass is 16.5. The number of rotatable bonds is 5. The van der Waals surface area contributed by atoms with Crippen LogP contribution in [0.15, 0.2) is 18.2 Å². The van der Waals surface area contributed by atoms with Crippen LogP contribution in [0.3, 0.4) is 0 Å². The summed E-state index contributed by atoms with van der Waals surface area (Å²) in [6.45, 7) is 3.99. The topological polar surface area (TPSA) is 75.6 Å².